The quantitative estimate of drug-likeness (QED) is 0.661. The molecule has 1 atom stereocenters. The Bertz CT molecular complexity index is 835. The Balaban J connectivity index is 1.63. The van der Waals surface area contributed by atoms with Gasteiger partial charge in [0.2, 0.25) is 0 Å². The molecule has 0 spiro atoms. The number of halogens is 1. The van der Waals surface area contributed by atoms with Crippen LogP contribution in [0, 0.1) is 5.82 Å². The van der Waals surface area contributed by atoms with E-state index in [-0.39, 0.29) is 11.3 Å². The number of hydrogen-bond donors (Lipinski definition) is 2. The molecule has 6 heteroatoms. The first-order valence-corrected chi connectivity index (χ1v) is 8.12. The standard InChI is InChI=1S/C19H19FN2O3/c1-11(25-19(24)16-8-6-14(20)10-17(16)21)18(23)22-15-7-5-12-3-2-4-13(12)9-15/h5-11H,2-4,21H2,1H3,(H,22,23)/t11-/m0/s1. The largest absolute Gasteiger partial charge is 0.449 e. The minimum Gasteiger partial charge on any atom is -0.449 e. The highest BCUT2D eigenvalue weighted by Gasteiger charge is 2.21. The highest BCUT2D eigenvalue weighted by Crippen LogP contribution is 2.25. The maximum absolute atomic E-state index is 13.0. The fourth-order valence-corrected chi connectivity index (χ4v) is 2.89. The third-order valence-electron chi connectivity index (χ3n) is 4.25. The van der Waals surface area contributed by atoms with Crippen LogP contribution in [0.5, 0.6) is 0 Å². The average molecular weight is 342 g/mol. The molecule has 2 aromatic rings. The summed E-state index contributed by atoms with van der Waals surface area (Å²) in [6.07, 6.45) is 2.19. The maximum Gasteiger partial charge on any atom is 0.341 e. The van der Waals surface area contributed by atoms with Crippen molar-refractivity contribution >= 4 is 23.3 Å². The van der Waals surface area contributed by atoms with Gasteiger partial charge in [-0.2, -0.15) is 0 Å². The lowest BCUT2D eigenvalue weighted by Gasteiger charge is -2.15. The molecular weight excluding hydrogens is 323 g/mol. The lowest BCUT2D eigenvalue weighted by molar-refractivity contribution is -0.123. The fraction of sp³-hybridized carbons (Fsp3) is 0.263. The Morgan fingerprint density at radius 2 is 1.92 bits per heavy atom. The van der Waals surface area contributed by atoms with Crippen LogP contribution in [0.3, 0.4) is 0 Å². The van der Waals surface area contributed by atoms with Crippen molar-refractivity contribution in [2.45, 2.75) is 32.3 Å². The SMILES string of the molecule is C[C@H](OC(=O)c1ccc(F)cc1N)C(=O)Nc1ccc2c(c1)CCC2. The van der Waals surface area contributed by atoms with Gasteiger partial charge in [-0.25, -0.2) is 9.18 Å². The van der Waals surface area contributed by atoms with Crippen molar-refractivity contribution in [2.75, 3.05) is 11.1 Å². The second kappa shape index (κ2) is 6.93. The Morgan fingerprint density at radius 1 is 1.16 bits per heavy atom. The van der Waals surface area contributed by atoms with E-state index in [1.807, 2.05) is 18.2 Å². The van der Waals surface area contributed by atoms with Crippen LogP contribution in [0.15, 0.2) is 36.4 Å². The Kier molecular flexibility index (Phi) is 4.70. The fourth-order valence-electron chi connectivity index (χ4n) is 2.89. The summed E-state index contributed by atoms with van der Waals surface area (Å²) in [5.41, 5.74) is 8.83. The third-order valence-corrected chi connectivity index (χ3v) is 4.25. The van der Waals surface area contributed by atoms with E-state index in [4.69, 9.17) is 10.5 Å². The molecule has 5 nitrogen and oxygen atoms in total. The first-order chi connectivity index (χ1) is 11.9. The number of anilines is 2. The van der Waals surface area contributed by atoms with Crippen LogP contribution in [0.2, 0.25) is 0 Å². The predicted molar refractivity (Wildman–Crippen MR) is 92.8 cm³/mol. The maximum atomic E-state index is 13.0. The normalized spacial score (nSPS) is 13.8. The number of hydrogen-bond acceptors (Lipinski definition) is 4. The number of carbonyl (C=O) groups is 2. The highest BCUT2D eigenvalue weighted by atomic mass is 19.1. The predicted octanol–water partition coefficient (Wildman–Crippen LogP) is 3.08. The van der Waals surface area contributed by atoms with Gasteiger partial charge in [-0.15, -0.1) is 0 Å². The molecule has 0 saturated heterocycles. The molecule has 0 fully saturated rings. The van der Waals surface area contributed by atoms with Crippen molar-refractivity contribution in [2.24, 2.45) is 0 Å². The number of esters is 1. The minimum absolute atomic E-state index is 0.0265. The molecule has 0 aliphatic heterocycles. The van der Waals surface area contributed by atoms with E-state index >= 15 is 0 Å². The molecule has 0 heterocycles. The Hall–Kier alpha value is -2.89. The average Bonchev–Trinajstić information content (AvgIpc) is 3.02. The van der Waals surface area contributed by atoms with Crippen LogP contribution in [-0.2, 0) is 22.4 Å². The van der Waals surface area contributed by atoms with E-state index in [2.05, 4.69) is 5.32 Å². The van der Waals surface area contributed by atoms with E-state index in [9.17, 15) is 14.0 Å². The molecule has 3 N–H and O–H groups in total. The van der Waals surface area contributed by atoms with Crippen molar-refractivity contribution in [1.29, 1.82) is 0 Å². The molecule has 25 heavy (non-hydrogen) atoms. The van der Waals surface area contributed by atoms with E-state index < -0.39 is 23.8 Å². The number of fused-ring (bicyclic) bond motifs is 1. The van der Waals surface area contributed by atoms with E-state index in [0.29, 0.717) is 5.69 Å². The first kappa shape index (κ1) is 17.0. The Labute approximate surface area is 145 Å². The van der Waals surface area contributed by atoms with Gasteiger partial charge in [0.1, 0.15) is 5.82 Å². The number of nitrogens with two attached hydrogens (primary N) is 1. The van der Waals surface area contributed by atoms with Gasteiger partial charge in [-0.05, 0) is 67.6 Å². The number of carbonyl (C=O) groups excluding carboxylic acids is 2. The minimum atomic E-state index is -1.01. The summed E-state index contributed by atoms with van der Waals surface area (Å²) < 4.78 is 18.2. The van der Waals surface area contributed by atoms with Gasteiger partial charge in [0.15, 0.2) is 6.10 Å². The zero-order valence-electron chi connectivity index (χ0n) is 13.8. The molecule has 1 aliphatic carbocycles. The van der Waals surface area contributed by atoms with Crippen molar-refractivity contribution in [3.05, 3.63) is 58.9 Å². The van der Waals surface area contributed by atoms with Crippen molar-refractivity contribution in [3.8, 4) is 0 Å². The highest BCUT2D eigenvalue weighted by molar-refractivity contribution is 5.99. The Morgan fingerprint density at radius 3 is 2.68 bits per heavy atom. The summed E-state index contributed by atoms with van der Waals surface area (Å²) in [6.45, 7) is 1.47. The van der Waals surface area contributed by atoms with Crippen LogP contribution in [0.4, 0.5) is 15.8 Å². The van der Waals surface area contributed by atoms with Gasteiger partial charge in [-0.1, -0.05) is 6.07 Å². The lowest BCUT2D eigenvalue weighted by atomic mass is 10.1. The second-order valence-corrected chi connectivity index (χ2v) is 6.11. The number of aryl methyl sites for hydroxylation is 2. The summed E-state index contributed by atoms with van der Waals surface area (Å²) in [5, 5.41) is 2.74. The topological polar surface area (TPSA) is 81.4 Å². The summed E-state index contributed by atoms with van der Waals surface area (Å²) in [7, 11) is 0. The van der Waals surface area contributed by atoms with Crippen LogP contribution < -0.4 is 11.1 Å². The van der Waals surface area contributed by atoms with Gasteiger partial charge >= 0.3 is 5.97 Å². The summed E-state index contributed by atoms with van der Waals surface area (Å²) in [4.78, 5) is 24.3. The number of nitrogen functional groups attached to an aromatic ring is 1. The smallest absolute Gasteiger partial charge is 0.341 e. The second-order valence-electron chi connectivity index (χ2n) is 6.11. The number of ether oxygens (including phenoxy) is 1. The van der Waals surface area contributed by atoms with Gasteiger partial charge in [0.25, 0.3) is 5.91 Å². The molecular formula is C19H19FN2O3. The van der Waals surface area contributed by atoms with Crippen molar-refractivity contribution < 1.29 is 18.7 Å². The summed E-state index contributed by atoms with van der Waals surface area (Å²) in [5.74, 6) is -1.75. The molecule has 0 radical (unpaired) electrons. The van der Waals surface area contributed by atoms with Crippen LogP contribution >= 0.6 is 0 Å². The summed E-state index contributed by atoms with van der Waals surface area (Å²) in [6, 6.07) is 9.18. The van der Waals surface area contributed by atoms with E-state index in [1.54, 1.807) is 0 Å². The number of rotatable bonds is 4. The van der Waals surface area contributed by atoms with Gasteiger partial charge < -0.3 is 15.8 Å². The molecule has 0 bridgehead atoms. The zero-order valence-corrected chi connectivity index (χ0v) is 13.8. The van der Waals surface area contributed by atoms with E-state index in [1.165, 1.54) is 24.1 Å². The van der Waals surface area contributed by atoms with Crippen molar-refractivity contribution in [3.63, 3.8) is 0 Å². The van der Waals surface area contributed by atoms with Gasteiger partial charge in [0, 0.05) is 11.4 Å². The summed E-state index contributed by atoms with van der Waals surface area (Å²) >= 11 is 0. The molecule has 0 saturated carbocycles. The molecule has 1 aliphatic rings. The van der Waals surface area contributed by atoms with Crippen LogP contribution in [-0.4, -0.2) is 18.0 Å². The number of amides is 1. The monoisotopic (exact) mass is 342 g/mol. The van der Waals surface area contributed by atoms with Crippen molar-refractivity contribution in [1.82, 2.24) is 0 Å². The van der Waals surface area contributed by atoms with Gasteiger partial charge in [-0.3, -0.25) is 4.79 Å². The lowest BCUT2D eigenvalue weighted by Crippen LogP contribution is -2.30. The molecule has 0 aromatic heterocycles. The first-order valence-electron chi connectivity index (χ1n) is 8.12. The number of benzene rings is 2. The molecule has 1 amide bonds. The molecule has 3 rings (SSSR count). The van der Waals surface area contributed by atoms with Gasteiger partial charge in [0.05, 0.1) is 5.56 Å². The van der Waals surface area contributed by atoms with E-state index in [0.717, 1.165) is 31.4 Å². The van der Waals surface area contributed by atoms with Crippen LogP contribution in [0.25, 0.3) is 0 Å². The third kappa shape index (κ3) is 3.79. The van der Waals surface area contributed by atoms with Crippen LogP contribution in [0.1, 0.15) is 34.8 Å². The zero-order chi connectivity index (χ0) is 18.0. The molecule has 130 valence electrons. The molecule has 2 aromatic carbocycles. The molecule has 0 unspecified atom stereocenters. The number of nitrogens with one attached hydrogen (secondary N) is 1.